The molecule has 0 saturated heterocycles. The summed E-state index contributed by atoms with van der Waals surface area (Å²) in [5.41, 5.74) is 0.843. The van der Waals surface area contributed by atoms with Crippen LogP contribution >= 0.6 is 0 Å². The minimum atomic E-state index is -1.11. The van der Waals surface area contributed by atoms with Gasteiger partial charge in [-0.1, -0.05) is 24.3 Å². The van der Waals surface area contributed by atoms with Crippen molar-refractivity contribution in [1.82, 2.24) is 14.3 Å². The summed E-state index contributed by atoms with van der Waals surface area (Å²) in [6, 6.07) is 10.8. The molecule has 146 valence electrons. The summed E-state index contributed by atoms with van der Waals surface area (Å²) in [6.45, 7) is 1.82. The fourth-order valence-electron chi connectivity index (χ4n) is 3.16. The van der Waals surface area contributed by atoms with Gasteiger partial charge in [0.1, 0.15) is 11.3 Å². The van der Waals surface area contributed by atoms with Crippen molar-refractivity contribution in [1.29, 1.82) is 0 Å². The summed E-state index contributed by atoms with van der Waals surface area (Å²) < 4.78 is 35.2. The average molecular weight is 395 g/mol. The lowest BCUT2D eigenvalue weighted by Crippen LogP contribution is -2.16. The van der Waals surface area contributed by atoms with Gasteiger partial charge in [0, 0.05) is 12.4 Å². The Morgan fingerprint density at radius 1 is 1.03 bits per heavy atom. The van der Waals surface area contributed by atoms with Gasteiger partial charge >= 0.3 is 5.97 Å². The Morgan fingerprint density at radius 2 is 1.76 bits per heavy atom. The van der Waals surface area contributed by atoms with E-state index >= 15 is 0 Å². The first-order valence-corrected chi connectivity index (χ1v) is 8.66. The van der Waals surface area contributed by atoms with Crippen molar-refractivity contribution in [3.8, 4) is 22.6 Å². The molecule has 2 aliphatic rings. The molecule has 0 bridgehead atoms. The number of aromatic nitrogens is 3. The van der Waals surface area contributed by atoms with E-state index in [2.05, 4.69) is 5.10 Å². The van der Waals surface area contributed by atoms with Crippen molar-refractivity contribution < 1.29 is 18.3 Å². The van der Waals surface area contributed by atoms with Gasteiger partial charge in [-0.3, -0.25) is 4.79 Å². The smallest absolute Gasteiger partial charge is 0.341 e. The number of halogens is 2. The van der Waals surface area contributed by atoms with Crippen molar-refractivity contribution in [2.45, 2.75) is 6.92 Å². The van der Waals surface area contributed by atoms with E-state index in [-0.39, 0.29) is 22.5 Å². The minimum absolute atomic E-state index is 0.0434. The zero-order valence-corrected chi connectivity index (χ0v) is 15.5. The van der Waals surface area contributed by atoms with Crippen LogP contribution in [0.25, 0.3) is 22.6 Å². The van der Waals surface area contributed by atoms with Gasteiger partial charge in [0.25, 0.3) is 5.56 Å². The molecule has 0 atom stereocenters. The summed E-state index contributed by atoms with van der Waals surface area (Å²) in [4.78, 5) is 25.4. The maximum absolute atomic E-state index is 14.3. The highest BCUT2D eigenvalue weighted by Gasteiger charge is 2.26. The normalized spacial score (nSPS) is 11.0. The Kier molecular flexibility index (Phi) is 4.46. The van der Waals surface area contributed by atoms with E-state index in [1.807, 2.05) is 19.1 Å². The summed E-state index contributed by atoms with van der Waals surface area (Å²) in [7, 11) is 1.19. The fraction of sp³-hybridized carbons (Fsp3) is 0.0952. The summed E-state index contributed by atoms with van der Waals surface area (Å²) >= 11 is 0. The predicted octanol–water partition coefficient (Wildman–Crippen LogP) is 3.50. The molecule has 6 nitrogen and oxygen atoms in total. The molecule has 0 unspecified atom stereocenters. The number of nitrogens with zero attached hydrogens (tertiary/aromatic N) is 3. The van der Waals surface area contributed by atoms with Crippen molar-refractivity contribution in [3.05, 3.63) is 88.0 Å². The molecule has 0 saturated carbocycles. The molecule has 0 aromatic heterocycles. The predicted molar refractivity (Wildman–Crippen MR) is 102 cm³/mol. The third-order valence-corrected chi connectivity index (χ3v) is 4.63. The number of rotatable bonds is 3. The van der Waals surface area contributed by atoms with E-state index in [1.165, 1.54) is 40.9 Å². The van der Waals surface area contributed by atoms with Gasteiger partial charge in [-0.05, 0) is 30.7 Å². The number of hydrogen-bond donors (Lipinski definition) is 0. The lowest BCUT2D eigenvalue weighted by Gasteiger charge is -2.12. The standard InChI is InChI=1S/C21H15F2N3O3/c1-12-6-3-4-8-16(12)26-20(27)13-10-25(17-9-5-7-15(22)18(17)23)11-14(19(13)24-26)21(28)29-2/h3-11H,1-2H3. The highest BCUT2D eigenvalue weighted by Crippen LogP contribution is 2.26. The maximum Gasteiger partial charge on any atom is 0.341 e. The quantitative estimate of drug-likeness (QED) is 0.498. The van der Waals surface area contributed by atoms with E-state index in [1.54, 1.807) is 12.1 Å². The van der Waals surface area contributed by atoms with Gasteiger partial charge in [0.2, 0.25) is 0 Å². The van der Waals surface area contributed by atoms with Crippen molar-refractivity contribution in [3.63, 3.8) is 0 Å². The molecule has 0 radical (unpaired) electrons. The van der Waals surface area contributed by atoms with E-state index < -0.39 is 23.2 Å². The number of methoxy groups -OCH3 is 1. The van der Waals surface area contributed by atoms with Gasteiger partial charge in [-0.2, -0.15) is 9.78 Å². The van der Waals surface area contributed by atoms with Crippen LogP contribution in [-0.2, 0) is 4.74 Å². The van der Waals surface area contributed by atoms with E-state index in [0.29, 0.717) is 5.69 Å². The SMILES string of the molecule is COC(=O)c1cn(-c2cccc(F)c2F)cc2c(=O)n(-c3ccccc3C)nc1-2. The van der Waals surface area contributed by atoms with Gasteiger partial charge in [0.05, 0.1) is 24.0 Å². The van der Waals surface area contributed by atoms with Crippen LogP contribution < -0.4 is 5.56 Å². The van der Waals surface area contributed by atoms with Crippen molar-refractivity contribution in [2.75, 3.05) is 7.11 Å². The molecule has 2 aliphatic heterocycles. The molecule has 4 rings (SSSR count). The van der Waals surface area contributed by atoms with E-state index in [4.69, 9.17) is 4.74 Å². The summed E-state index contributed by atoms with van der Waals surface area (Å²) in [5.74, 6) is -2.91. The molecule has 0 N–H and O–H groups in total. The van der Waals surface area contributed by atoms with E-state index in [9.17, 15) is 18.4 Å². The van der Waals surface area contributed by atoms with Crippen LogP contribution in [0.4, 0.5) is 8.78 Å². The number of carbonyl (C=O) groups excluding carboxylic acids is 1. The van der Waals surface area contributed by atoms with Gasteiger partial charge in [0.15, 0.2) is 11.6 Å². The second-order valence-corrected chi connectivity index (χ2v) is 6.41. The van der Waals surface area contributed by atoms with Crippen LogP contribution in [0.5, 0.6) is 0 Å². The van der Waals surface area contributed by atoms with Gasteiger partial charge < -0.3 is 9.30 Å². The number of benzene rings is 2. The maximum atomic E-state index is 14.3. The highest BCUT2D eigenvalue weighted by molar-refractivity contribution is 5.96. The molecular weight excluding hydrogens is 380 g/mol. The molecule has 0 fully saturated rings. The number of carbonyl (C=O) groups is 1. The monoisotopic (exact) mass is 395 g/mol. The summed E-state index contributed by atoms with van der Waals surface area (Å²) in [5, 5.41) is 4.31. The van der Waals surface area contributed by atoms with Crippen LogP contribution in [0.2, 0.25) is 0 Å². The average Bonchev–Trinajstić information content (AvgIpc) is 3.05. The number of ether oxygens (including phenoxy) is 1. The largest absolute Gasteiger partial charge is 0.465 e. The molecule has 2 aromatic carbocycles. The fourth-order valence-corrected chi connectivity index (χ4v) is 3.16. The van der Waals surface area contributed by atoms with Crippen LogP contribution in [0, 0.1) is 18.6 Å². The number of aryl methyl sites for hydroxylation is 1. The second-order valence-electron chi connectivity index (χ2n) is 6.41. The second kappa shape index (κ2) is 6.97. The lowest BCUT2D eigenvalue weighted by molar-refractivity contribution is 0.0600. The molecule has 2 heterocycles. The zero-order chi connectivity index (χ0) is 20.7. The number of pyridine rings is 1. The Balaban J connectivity index is 2.05. The van der Waals surface area contributed by atoms with Crippen LogP contribution in [0.15, 0.2) is 59.7 Å². The number of para-hydroxylation sites is 1. The van der Waals surface area contributed by atoms with Crippen molar-refractivity contribution in [2.24, 2.45) is 0 Å². The summed E-state index contributed by atoms with van der Waals surface area (Å²) in [6.07, 6.45) is 2.59. The van der Waals surface area contributed by atoms with Crippen molar-refractivity contribution >= 4 is 5.97 Å². The first-order valence-electron chi connectivity index (χ1n) is 8.66. The van der Waals surface area contributed by atoms with Crippen LogP contribution in [-0.4, -0.2) is 27.4 Å². The Hall–Kier alpha value is -3.81. The van der Waals surface area contributed by atoms with E-state index in [0.717, 1.165) is 11.6 Å². The Morgan fingerprint density at radius 3 is 2.48 bits per heavy atom. The van der Waals surface area contributed by atoms with Gasteiger partial charge in [-0.25, -0.2) is 13.6 Å². The molecule has 29 heavy (non-hydrogen) atoms. The molecule has 2 aromatic rings. The molecule has 0 spiro atoms. The first kappa shape index (κ1) is 18.5. The highest BCUT2D eigenvalue weighted by atomic mass is 19.2. The Bertz CT molecular complexity index is 1280. The van der Waals surface area contributed by atoms with Gasteiger partial charge in [-0.15, -0.1) is 0 Å². The molecule has 0 amide bonds. The first-order chi connectivity index (χ1) is 13.9. The lowest BCUT2D eigenvalue weighted by atomic mass is 10.1. The number of hydrogen-bond acceptors (Lipinski definition) is 4. The topological polar surface area (TPSA) is 66.1 Å². The number of fused-ring (bicyclic) bond motifs is 1. The number of esters is 1. The third kappa shape index (κ3) is 2.98. The van der Waals surface area contributed by atoms with Crippen LogP contribution in [0.1, 0.15) is 15.9 Å². The minimum Gasteiger partial charge on any atom is -0.465 e. The van der Waals surface area contributed by atoms with Crippen LogP contribution in [0.3, 0.4) is 0 Å². The molecule has 0 aliphatic carbocycles. The molecular formula is C21H15F2N3O3. The Labute approximate surface area is 163 Å². The third-order valence-electron chi connectivity index (χ3n) is 4.63. The molecule has 8 heteroatoms. The zero-order valence-electron chi connectivity index (χ0n) is 15.5.